The van der Waals surface area contributed by atoms with Crippen LogP contribution in [0.5, 0.6) is 11.5 Å². The van der Waals surface area contributed by atoms with E-state index in [1.807, 2.05) is 26.8 Å². The molecule has 0 spiro atoms. The average molecular weight is 609 g/mol. The lowest BCUT2D eigenvalue weighted by Crippen LogP contribution is -2.23. The summed E-state index contributed by atoms with van der Waals surface area (Å²) >= 11 is 6.93. The topological polar surface area (TPSA) is 92.0 Å². The van der Waals surface area contributed by atoms with Crippen LogP contribution < -0.4 is 15.0 Å². The maximum Gasteiger partial charge on any atom is 0.344 e. The first-order valence-electron chi connectivity index (χ1n) is 11.2. The quantitative estimate of drug-likeness (QED) is 0.230. The van der Waals surface area contributed by atoms with Crippen molar-refractivity contribution in [2.24, 2.45) is 5.10 Å². The molecule has 0 saturated carbocycles. The van der Waals surface area contributed by atoms with Crippen LogP contribution in [0.2, 0.25) is 0 Å². The van der Waals surface area contributed by atoms with Crippen molar-refractivity contribution in [1.29, 1.82) is 0 Å². The highest BCUT2D eigenvalue weighted by Gasteiger charge is 2.16. The molecule has 0 aliphatic carbocycles. The number of carbonyl (C=O) groups excluding carboxylic acids is 1. The zero-order valence-corrected chi connectivity index (χ0v) is 23.3. The van der Waals surface area contributed by atoms with Crippen molar-refractivity contribution in [3.05, 3.63) is 61.0 Å². The van der Waals surface area contributed by atoms with Crippen LogP contribution >= 0.6 is 31.9 Å². The van der Waals surface area contributed by atoms with Crippen LogP contribution in [-0.2, 0) is 9.53 Å². The van der Waals surface area contributed by atoms with Gasteiger partial charge in [-0.05, 0) is 67.0 Å². The minimum Gasteiger partial charge on any atom is -0.490 e. The Labute approximate surface area is 220 Å². The van der Waals surface area contributed by atoms with Gasteiger partial charge in [0.15, 0.2) is 18.1 Å². The van der Waals surface area contributed by atoms with Gasteiger partial charge in [-0.15, -0.1) is 0 Å². The van der Waals surface area contributed by atoms with Crippen LogP contribution in [0, 0.1) is 0 Å². The predicted molar refractivity (Wildman–Crippen MR) is 143 cm³/mol. The van der Waals surface area contributed by atoms with E-state index in [0.717, 1.165) is 4.47 Å². The van der Waals surface area contributed by atoms with Gasteiger partial charge in [-0.1, -0.05) is 29.8 Å². The molecule has 35 heavy (non-hydrogen) atoms. The second-order valence-electron chi connectivity index (χ2n) is 8.23. The van der Waals surface area contributed by atoms with Gasteiger partial charge in [0.25, 0.3) is 5.56 Å². The molecule has 0 aliphatic rings. The van der Waals surface area contributed by atoms with Gasteiger partial charge in [0, 0.05) is 20.4 Å². The Bertz CT molecular complexity index is 1320. The van der Waals surface area contributed by atoms with Crippen LogP contribution in [0.1, 0.15) is 51.9 Å². The average Bonchev–Trinajstić information content (AvgIpc) is 2.78. The minimum absolute atomic E-state index is 0.0308. The predicted octanol–water partition coefficient (Wildman–Crippen LogP) is 5.66. The van der Waals surface area contributed by atoms with Crippen LogP contribution in [0.4, 0.5) is 0 Å². The van der Waals surface area contributed by atoms with Crippen molar-refractivity contribution in [2.75, 3.05) is 13.2 Å². The Morgan fingerprint density at radius 3 is 2.49 bits per heavy atom. The SMILES string of the molecule is CCOc1cc(C=Nn2c(C(C)C)nc3ccc(Br)cc3c2=O)c(Br)cc1OCC(=O)OC(C)C. The molecule has 1 aromatic heterocycles. The highest BCUT2D eigenvalue weighted by molar-refractivity contribution is 9.10. The van der Waals surface area contributed by atoms with Gasteiger partial charge in [-0.25, -0.2) is 9.78 Å². The van der Waals surface area contributed by atoms with Crippen molar-refractivity contribution in [3.8, 4) is 11.5 Å². The number of benzene rings is 2. The van der Waals surface area contributed by atoms with E-state index in [-0.39, 0.29) is 24.2 Å². The van der Waals surface area contributed by atoms with E-state index in [1.165, 1.54) is 4.68 Å². The van der Waals surface area contributed by atoms with Crippen molar-refractivity contribution in [1.82, 2.24) is 9.66 Å². The molecular weight excluding hydrogens is 582 g/mol. The standard InChI is InChI=1S/C25H27Br2N3O5/c1-6-33-21-9-16(19(27)11-22(21)34-13-23(31)35-15(4)5)12-28-30-24(14(2)3)29-20-8-7-17(26)10-18(20)25(30)32/h7-12,14-15H,6,13H2,1-5H3. The molecule has 0 atom stereocenters. The number of nitrogens with zero attached hydrogens (tertiary/aromatic N) is 3. The molecule has 0 bridgehead atoms. The number of aromatic nitrogens is 2. The summed E-state index contributed by atoms with van der Waals surface area (Å²) in [7, 11) is 0. The Balaban J connectivity index is 2.00. The number of hydrogen-bond acceptors (Lipinski definition) is 7. The van der Waals surface area contributed by atoms with Gasteiger partial charge in [-0.2, -0.15) is 9.78 Å². The number of halogens is 2. The Morgan fingerprint density at radius 2 is 1.83 bits per heavy atom. The second kappa shape index (κ2) is 11.8. The smallest absolute Gasteiger partial charge is 0.344 e. The normalized spacial score (nSPS) is 11.6. The number of ether oxygens (including phenoxy) is 3. The molecule has 0 radical (unpaired) electrons. The fourth-order valence-corrected chi connectivity index (χ4v) is 4.02. The second-order valence-corrected chi connectivity index (χ2v) is 10.00. The van der Waals surface area contributed by atoms with E-state index in [9.17, 15) is 9.59 Å². The van der Waals surface area contributed by atoms with E-state index in [0.29, 0.717) is 44.9 Å². The van der Waals surface area contributed by atoms with Gasteiger partial charge in [-0.3, -0.25) is 4.79 Å². The van der Waals surface area contributed by atoms with E-state index in [1.54, 1.807) is 44.3 Å². The zero-order chi connectivity index (χ0) is 25.7. The summed E-state index contributed by atoms with van der Waals surface area (Å²) in [4.78, 5) is 29.8. The molecule has 0 saturated heterocycles. The highest BCUT2D eigenvalue weighted by atomic mass is 79.9. The van der Waals surface area contributed by atoms with Gasteiger partial charge in [0.1, 0.15) is 5.82 Å². The highest BCUT2D eigenvalue weighted by Crippen LogP contribution is 2.33. The molecule has 3 rings (SSSR count). The third-order valence-electron chi connectivity index (χ3n) is 4.74. The van der Waals surface area contributed by atoms with Gasteiger partial charge in [0.05, 0.1) is 29.8 Å². The van der Waals surface area contributed by atoms with Crippen molar-refractivity contribution in [3.63, 3.8) is 0 Å². The summed E-state index contributed by atoms with van der Waals surface area (Å²) in [5, 5.41) is 4.94. The number of fused-ring (bicyclic) bond motifs is 1. The molecular formula is C25H27Br2N3O5. The molecule has 0 N–H and O–H groups in total. The summed E-state index contributed by atoms with van der Waals surface area (Å²) in [6, 6.07) is 8.81. The Morgan fingerprint density at radius 1 is 1.11 bits per heavy atom. The fourth-order valence-electron chi connectivity index (χ4n) is 3.24. The molecule has 0 aliphatic heterocycles. The van der Waals surface area contributed by atoms with E-state index in [2.05, 4.69) is 41.9 Å². The molecule has 10 heteroatoms. The molecule has 0 amide bonds. The van der Waals surface area contributed by atoms with E-state index < -0.39 is 5.97 Å². The molecule has 1 heterocycles. The first-order valence-corrected chi connectivity index (χ1v) is 12.7. The molecule has 0 fully saturated rings. The summed E-state index contributed by atoms with van der Waals surface area (Å²) in [6.45, 7) is 9.45. The first-order chi connectivity index (χ1) is 16.6. The third kappa shape index (κ3) is 6.70. The summed E-state index contributed by atoms with van der Waals surface area (Å²) in [5.74, 6) is 0.864. The minimum atomic E-state index is -0.472. The van der Waals surface area contributed by atoms with Gasteiger partial charge < -0.3 is 14.2 Å². The lowest BCUT2D eigenvalue weighted by molar-refractivity contribution is -0.149. The zero-order valence-electron chi connectivity index (χ0n) is 20.2. The fraction of sp³-hybridized carbons (Fsp3) is 0.360. The van der Waals surface area contributed by atoms with E-state index >= 15 is 0 Å². The van der Waals surface area contributed by atoms with Crippen LogP contribution in [-0.4, -0.2) is 41.2 Å². The van der Waals surface area contributed by atoms with Crippen LogP contribution in [0.3, 0.4) is 0 Å². The number of esters is 1. The molecule has 3 aromatic rings. The summed E-state index contributed by atoms with van der Waals surface area (Å²) in [5.41, 5.74) is 1.01. The van der Waals surface area contributed by atoms with Crippen molar-refractivity contribution in [2.45, 2.75) is 46.6 Å². The van der Waals surface area contributed by atoms with Crippen molar-refractivity contribution < 1.29 is 19.0 Å². The monoisotopic (exact) mass is 607 g/mol. The number of carbonyl (C=O) groups is 1. The molecule has 2 aromatic carbocycles. The van der Waals surface area contributed by atoms with Gasteiger partial charge in [0.2, 0.25) is 0 Å². The number of hydrogen-bond donors (Lipinski definition) is 0. The first kappa shape index (κ1) is 26.9. The molecule has 186 valence electrons. The number of rotatable bonds is 9. The molecule has 8 nitrogen and oxygen atoms in total. The van der Waals surface area contributed by atoms with E-state index in [4.69, 9.17) is 14.2 Å². The van der Waals surface area contributed by atoms with Crippen LogP contribution in [0.15, 0.2) is 49.2 Å². The largest absolute Gasteiger partial charge is 0.490 e. The molecule has 0 unspecified atom stereocenters. The van der Waals surface area contributed by atoms with Crippen molar-refractivity contribution >= 4 is 54.9 Å². The maximum atomic E-state index is 13.2. The third-order valence-corrected chi connectivity index (χ3v) is 5.92. The Kier molecular flexibility index (Phi) is 9.07. The Hall–Kier alpha value is -2.72. The lowest BCUT2D eigenvalue weighted by Gasteiger charge is -2.15. The van der Waals surface area contributed by atoms with Crippen LogP contribution in [0.25, 0.3) is 10.9 Å². The summed E-state index contributed by atoms with van der Waals surface area (Å²) < 4.78 is 19.2. The lowest BCUT2D eigenvalue weighted by atomic mass is 10.2. The maximum absolute atomic E-state index is 13.2. The summed E-state index contributed by atoms with van der Waals surface area (Å²) in [6.07, 6.45) is 1.33. The van der Waals surface area contributed by atoms with Gasteiger partial charge >= 0.3 is 5.97 Å².